The van der Waals surface area contributed by atoms with E-state index in [2.05, 4.69) is 44.9 Å². The molecule has 0 saturated heterocycles. The highest BCUT2D eigenvalue weighted by Crippen LogP contribution is 2.37. The Morgan fingerprint density at radius 3 is 2.85 bits per heavy atom. The minimum Gasteiger partial charge on any atom is -0.301 e. The summed E-state index contributed by atoms with van der Waals surface area (Å²) in [6.45, 7) is 3.90. The Kier molecular flexibility index (Phi) is 4.73. The maximum absolute atomic E-state index is 12.5. The fraction of sp³-hybridized carbons (Fsp3) is 0.353. The topological polar surface area (TPSA) is 85.6 Å². The number of tetrazole rings is 1. The molecule has 1 aromatic carbocycles. The number of benzene rings is 1. The monoisotopic (exact) mass is 386 g/mol. The van der Waals surface area contributed by atoms with Crippen LogP contribution in [-0.2, 0) is 4.79 Å². The van der Waals surface area contributed by atoms with Gasteiger partial charge in [0.05, 0.1) is 17.0 Å². The highest BCUT2D eigenvalue weighted by atomic mass is 32.2. The van der Waals surface area contributed by atoms with Crippen LogP contribution < -0.4 is 5.32 Å². The molecule has 1 saturated carbocycles. The minimum absolute atomic E-state index is 0.106. The highest BCUT2D eigenvalue weighted by Gasteiger charge is 2.29. The van der Waals surface area contributed by atoms with Crippen molar-refractivity contribution in [2.45, 2.75) is 43.1 Å². The number of hydrogen-bond donors (Lipinski definition) is 1. The van der Waals surface area contributed by atoms with Gasteiger partial charge in [-0.25, -0.2) is 9.67 Å². The largest absolute Gasteiger partial charge is 0.301 e. The third kappa shape index (κ3) is 3.78. The first-order valence-electron chi connectivity index (χ1n) is 8.38. The molecule has 2 aromatic heterocycles. The van der Waals surface area contributed by atoms with Crippen molar-refractivity contribution in [1.82, 2.24) is 25.2 Å². The molecule has 1 amide bonds. The molecular weight excluding hydrogens is 368 g/mol. The molecule has 1 unspecified atom stereocenters. The average Bonchev–Trinajstić information content (AvgIpc) is 3.19. The quantitative estimate of drug-likeness (QED) is 0.652. The van der Waals surface area contributed by atoms with E-state index in [4.69, 9.17) is 0 Å². The first kappa shape index (κ1) is 17.2. The van der Waals surface area contributed by atoms with Crippen LogP contribution >= 0.6 is 23.1 Å². The molecule has 9 heteroatoms. The first-order chi connectivity index (χ1) is 12.6. The van der Waals surface area contributed by atoms with Crippen molar-refractivity contribution in [3.05, 3.63) is 35.2 Å². The number of aromatic nitrogens is 5. The Balaban J connectivity index is 1.39. The molecule has 1 aliphatic rings. The van der Waals surface area contributed by atoms with Crippen LogP contribution in [0, 0.1) is 6.92 Å². The van der Waals surface area contributed by atoms with E-state index in [0.717, 1.165) is 24.1 Å². The number of amides is 1. The second kappa shape index (κ2) is 7.16. The molecule has 3 aromatic rings. The van der Waals surface area contributed by atoms with Gasteiger partial charge in [0.1, 0.15) is 0 Å². The lowest BCUT2D eigenvalue weighted by Crippen LogP contribution is -2.22. The lowest BCUT2D eigenvalue weighted by atomic mass is 10.1. The number of carbonyl (C=O) groups is 1. The van der Waals surface area contributed by atoms with Gasteiger partial charge in [0.2, 0.25) is 11.1 Å². The van der Waals surface area contributed by atoms with E-state index in [1.54, 1.807) is 0 Å². The van der Waals surface area contributed by atoms with Crippen molar-refractivity contribution in [2.75, 3.05) is 5.32 Å². The van der Waals surface area contributed by atoms with Gasteiger partial charge in [-0.2, -0.15) is 0 Å². The van der Waals surface area contributed by atoms with Crippen molar-refractivity contribution >= 4 is 34.1 Å². The molecule has 26 heavy (non-hydrogen) atoms. The SMILES string of the molecule is Cc1ccc(-c2csc(NC(=O)C(C)Sc3nnnn3C3CC3)n2)cc1. The van der Waals surface area contributed by atoms with E-state index in [0.29, 0.717) is 16.3 Å². The zero-order valence-corrected chi connectivity index (χ0v) is 16.0. The fourth-order valence-electron chi connectivity index (χ4n) is 2.42. The summed E-state index contributed by atoms with van der Waals surface area (Å²) in [6.07, 6.45) is 2.19. The van der Waals surface area contributed by atoms with Gasteiger partial charge in [-0.1, -0.05) is 41.6 Å². The summed E-state index contributed by atoms with van der Waals surface area (Å²) < 4.78 is 1.81. The van der Waals surface area contributed by atoms with Crippen molar-refractivity contribution in [2.24, 2.45) is 0 Å². The summed E-state index contributed by atoms with van der Waals surface area (Å²) in [5.41, 5.74) is 3.11. The first-order valence-corrected chi connectivity index (χ1v) is 10.1. The zero-order valence-electron chi connectivity index (χ0n) is 14.4. The Morgan fingerprint density at radius 1 is 1.35 bits per heavy atom. The van der Waals surface area contributed by atoms with E-state index in [9.17, 15) is 4.79 Å². The van der Waals surface area contributed by atoms with Crippen LogP contribution in [0.1, 0.15) is 31.4 Å². The summed E-state index contributed by atoms with van der Waals surface area (Å²) in [6, 6.07) is 8.56. The number of hydrogen-bond acceptors (Lipinski definition) is 7. The van der Waals surface area contributed by atoms with Gasteiger partial charge in [-0.05, 0) is 37.1 Å². The van der Waals surface area contributed by atoms with E-state index in [-0.39, 0.29) is 11.2 Å². The van der Waals surface area contributed by atoms with Crippen LogP contribution in [0.4, 0.5) is 5.13 Å². The Hall–Kier alpha value is -2.26. The summed E-state index contributed by atoms with van der Waals surface area (Å²) in [4.78, 5) is 17.0. The predicted octanol–water partition coefficient (Wildman–Crippen LogP) is 3.56. The minimum atomic E-state index is -0.315. The predicted molar refractivity (Wildman–Crippen MR) is 102 cm³/mol. The van der Waals surface area contributed by atoms with Crippen molar-refractivity contribution in [1.29, 1.82) is 0 Å². The standard InChI is InChI=1S/C17H18N6OS2/c1-10-3-5-12(6-4-10)14-9-25-16(18-14)19-15(24)11(2)26-17-20-21-22-23(17)13-7-8-13/h3-6,9,11,13H,7-8H2,1-2H3,(H,18,19,24). The summed E-state index contributed by atoms with van der Waals surface area (Å²) in [5, 5.41) is 17.6. The normalized spacial score (nSPS) is 15.0. The molecule has 0 spiro atoms. The fourth-order valence-corrected chi connectivity index (χ4v) is 4.00. The van der Waals surface area contributed by atoms with E-state index < -0.39 is 0 Å². The Bertz CT molecular complexity index is 915. The molecule has 1 N–H and O–H groups in total. The molecular formula is C17H18N6OS2. The van der Waals surface area contributed by atoms with Crippen LogP contribution in [0.3, 0.4) is 0 Å². The zero-order chi connectivity index (χ0) is 18.1. The van der Waals surface area contributed by atoms with Crippen molar-refractivity contribution in [3.8, 4) is 11.3 Å². The number of thiazole rings is 1. The molecule has 0 aliphatic heterocycles. The second-order valence-electron chi connectivity index (χ2n) is 6.29. The van der Waals surface area contributed by atoms with Crippen LogP contribution in [0.25, 0.3) is 11.3 Å². The van der Waals surface area contributed by atoms with Crippen LogP contribution in [-0.4, -0.2) is 36.3 Å². The van der Waals surface area contributed by atoms with Gasteiger partial charge >= 0.3 is 0 Å². The molecule has 134 valence electrons. The second-order valence-corrected chi connectivity index (χ2v) is 8.46. The van der Waals surface area contributed by atoms with E-state index in [1.165, 1.54) is 28.7 Å². The summed E-state index contributed by atoms with van der Waals surface area (Å²) >= 11 is 2.79. The van der Waals surface area contributed by atoms with Gasteiger partial charge in [0.25, 0.3) is 0 Å². The highest BCUT2D eigenvalue weighted by molar-refractivity contribution is 8.00. The van der Waals surface area contributed by atoms with Crippen molar-refractivity contribution < 1.29 is 4.79 Å². The van der Waals surface area contributed by atoms with Gasteiger partial charge in [0, 0.05) is 10.9 Å². The number of nitrogens with one attached hydrogen (secondary N) is 1. The molecule has 7 nitrogen and oxygen atoms in total. The number of aryl methyl sites for hydroxylation is 1. The molecule has 1 fully saturated rings. The van der Waals surface area contributed by atoms with E-state index in [1.807, 2.05) is 29.1 Å². The third-order valence-corrected chi connectivity index (χ3v) is 5.89. The summed E-state index contributed by atoms with van der Waals surface area (Å²) in [7, 11) is 0. The number of nitrogens with zero attached hydrogens (tertiary/aromatic N) is 5. The number of carbonyl (C=O) groups excluding carboxylic acids is 1. The number of anilines is 1. The van der Waals surface area contributed by atoms with Crippen LogP contribution in [0.2, 0.25) is 0 Å². The van der Waals surface area contributed by atoms with Gasteiger partial charge < -0.3 is 5.32 Å². The molecule has 0 radical (unpaired) electrons. The maximum Gasteiger partial charge on any atom is 0.239 e. The lowest BCUT2D eigenvalue weighted by molar-refractivity contribution is -0.115. The smallest absolute Gasteiger partial charge is 0.239 e. The van der Waals surface area contributed by atoms with Crippen LogP contribution in [0.15, 0.2) is 34.8 Å². The molecule has 2 heterocycles. The number of thioether (sulfide) groups is 1. The van der Waals surface area contributed by atoms with Crippen LogP contribution in [0.5, 0.6) is 0 Å². The maximum atomic E-state index is 12.5. The Labute approximate surface area is 159 Å². The summed E-state index contributed by atoms with van der Waals surface area (Å²) in [5.74, 6) is -0.106. The van der Waals surface area contributed by atoms with Gasteiger partial charge in [-0.15, -0.1) is 16.4 Å². The Morgan fingerprint density at radius 2 is 2.12 bits per heavy atom. The average molecular weight is 387 g/mol. The van der Waals surface area contributed by atoms with E-state index >= 15 is 0 Å². The van der Waals surface area contributed by atoms with Crippen molar-refractivity contribution in [3.63, 3.8) is 0 Å². The molecule has 4 rings (SSSR count). The molecule has 1 aliphatic carbocycles. The molecule has 0 bridgehead atoms. The lowest BCUT2D eigenvalue weighted by Gasteiger charge is -2.09. The molecule has 1 atom stereocenters. The van der Waals surface area contributed by atoms with Gasteiger partial charge in [0.15, 0.2) is 5.13 Å². The number of rotatable bonds is 6. The third-order valence-electron chi connectivity index (χ3n) is 4.09. The van der Waals surface area contributed by atoms with Gasteiger partial charge in [-0.3, -0.25) is 4.79 Å².